The number of tetrazole rings is 1. The number of hydrogen-bond acceptors (Lipinski definition) is 16. The Balaban J connectivity index is 1.30. The van der Waals surface area contributed by atoms with Gasteiger partial charge >= 0.3 is 12.1 Å². The van der Waals surface area contributed by atoms with Crippen LogP contribution in [0.5, 0.6) is 0 Å². The van der Waals surface area contributed by atoms with Gasteiger partial charge in [0.05, 0.1) is 18.7 Å². The fraction of sp³-hybridized carbons (Fsp3) is 0.630. The van der Waals surface area contributed by atoms with Crippen molar-refractivity contribution in [2.24, 2.45) is 0 Å². The SMILES string of the molecule is CCC(OC(=O)OC1CCCC1)OC(=O)C1=C(CSc2nnnn2CCN(C)C)CS[C@@H]2[C@H](NC(=O)Cc3csc(N)n3)C(=O)N12. The van der Waals surface area contributed by atoms with Gasteiger partial charge in [0.25, 0.3) is 12.2 Å². The molecule has 2 amide bonds. The first-order valence-corrected chi connectivity index (χ1v) is 17.8. The van der Waals surface area contributed by atoms with Gasteiger partial charge in [-0.05, 0) is 55.8 Å². The monoisotopic (exact) mass is 695 g/mol. The summed E-state index contributed by atoms with van der Waals surface area (Å²) in [5.74, 6) is -0.988. The molecule has 1 saturated heterocycles. The van der Waals surface area contributed by atoms with E-state index in [2.05, 4.69) is 25.8 Å². The standard InChI is InChI=1S/C27H37N9O7S3/c1-4-19(43-27(40)41-17-7-5-6-8-17)42-24(39)21-15(13-46-26-31-32-33-35(26)10-9-34(2)3)12-44-23-20(22(38)36(21)23)30-18(37)11-16-14-45-25(28)29-16/h14,17,19-20,23H,4-13H2,1-3H3,(H2,28,29)(H,30,37)/t19?,20-,23-/m1/s1. The number of nitrogens with zero attached hydrogens (tertiary/aromatic N) is 7. The van der Waals surface area contributed by atoms with Gasteiger partial charge in [0.15, 0.2) is 5.13 Å². The minimum absolute atomic E-state index is 0.0312. The lowest BCUT2D eigenvalue weighted by molar-refractivity contribution is -0.173. The average molecular weight is 696 g/mol. The number of nitrogens with one attached hydrogen (secondary N) is 1. The Kier molecular flexibility index (Phi) is 11.4. The van der Waals surface area contributed by atoms with Crippen LogP contribution in [0.4, 0.5) is 9.93 Å². The number of β-lactam (4-membered cyclic amide) rings is 1. The number of carbonyl (C=O) groups is 4. The predicted octanol–water partition coefficient (Wildman–Crippen LogP) is 1.64. The van der Waals surface area contributed by atoms with Crippen molar-refractivity contribution in [2.45, 2.75) is 81.0 Å². The summed E-state index contributed by atoms with van der Waals surface area (Å²) >= 11 is 3.98. The van der Waals surface area contributed by atoms with E-state index in [4.69, 9.17) is 19.9 Å². The quantitative estimate of drug-likeness (QED) is 0.125. The molecular weight excluding hydrogens is 659 g/mol. The first-order valence-electron chi connectivity index (χ1n) is 14.9. The van der Waals surface area contributed by atoms with E-state index < -0.39 is 35.7 Å². The number of anilines is 1. The van der Waals surface area contributed by atoms with E-state index in [1.807, 2.05) is 19.0 Å². The number of nitrogen functional groups attached to an aromatic ring is 1. The first kappa shape index (κ1) is 33.9. The maximum Gasteiger partial charge on any atom is 0.511 e. The molecule has 1 aliphatic carbocycles. The van der Waals surface area contributed by atoms with E-state index in [-0.39, 0.29) is 30.5 Å². The van der Waals surface area contributed by atoms with Crippen LogP contribution in [-0.2, 0) is 41.6 Å². The molecule has 3 N–H and O–H groups in total. The zero-order valence-corrected chi connectivity index (χ0v) is 28.2. The highest BCUT2D eigenvalue weighted by molar-refractivity contribution is 8.01. The summed E-state index contributed by atoms with van der Waals surface area (Å²) in [4.78, 5) is 59.8. The Bertz CT molecular complexity index is 1460. The van der Waals surface area contributed by atoms with Crippen molar-refractivity contribution in [1.29, 1.82) is 0 Å². The molecule has 0 bridgehead atoms. The Labute approximate surface area is 278 Å². The molecule has 1 saturated carbocycles. The van der Waals surface area contributed by atoms with E-state index in [0.717, 1.165) is 32.2 Å². The minimum atomic E-state index is -1.22. The molecule has 46 heavy (non-hydrogen) atoms. The Morgan fingerprint density at radius 2 is 2.02 bits per heavy atom. The van der Waals surface area contributed by atoms with Gasteiger partial charge in [-0.15, -0.1) is 28.2 Å². The Morgan fingerprint density at radius 1 is 1.24 bits per heavy atom. The number of amides is 2. The maximum atomic E-state index is 13.7. The molecule has 2 aliphatic heterocycles. The number of ether oxygens (including phenoxy) is 3. The van der Waals surface area contributed by atoms with Gasteiger partial charge < -0.3 is 30.2 Å². The van der Waals surface area contributed by atoms with Crippen LogP contribution in [-0.4, -0.2) is 115 Å². The normalized spacial score (nSPS) is 20.3. The number of likely N-dealkylation sites (N-methyl/N-ethyl adjacent to an activating group) is 1. The molecule has 2 aromatic heterocycles. The van der Waals surface area contributed by atoms with Gasteiger partial charge in [0.1, 0.15) is 23.2 Å². The summed E-state index contributed by atoms with van der Waals surface area (Å²) in [7, 11) is 3.90. The Morgan fingerprint density at radius 3 is 2.72 bits per heavy atom. The molecule has 250 valence electrons. The highest BCUT2D eigenvalue weighted by Gasteiger charge is 2.54. The van der Waals surface area contributed by atoms with Gasteiger partial charge in [0, 0.05) is 29.9 Å². The number of thioether (sulfide) groups is 2. The summed E-state index contributed by atoms with van der Waals surface area (Å²) in [6.07, 6.45) is 1.31. The van der Waals surface area contributed by atoms with Crippen molar-refractivity contribution < 1.29 is 33.4 Å². The largest absolute Gasteiger partial charge is 0.511 e. The van der Waals surface area contributed by atoms with Crippen LogP contribution in [0.3, 0.4) is 0 Å². The van der Waals surface area contributed by atoms with Gasteiger partial charge in [-0.2, -0.15) is 0 Å². The number of hydrogen-bond donors (Lipinski definition) is 2. The van der Waals surface area contributed by atoms with Crippen LogP contribution in [0.15, 0.2) is 21.8 Å². The molecule has 0 radical (unpaired) electrons. The Hall–Kier alpha value is -3.42. The van der Waals surface area contributed by atoms with Crippen molar-refractivity contribution in [3.05, 3.63) is 22.3 Å². The number of nitrogens with two attached hydrogens (primary N) is 1. The molecule has 2 fully saturated rings. The lowest BCUT2D eigenvalue weighted by atomic mass is 10.0. The van der Waals surface area contributed by atoms with Crippen LogP contribution in [0.25, 0.3) is 0 Å². The lowest BCUT2D eigenvalue weighted by Crippen LogP contribution is -2.70. The third-order valence-corrected chi connectivity index (χ3v) is 10.6. The average Bonchev–Trinajstić information content (AvgIpc) is 3.79. The number of thiazole rings is 1. The fourth-order valence-corrected chi connectivity index (χ4v) is 8.06. The van der Waals surface area contributed by atoms with E-state index in [1.54, 1.807) is 17.0 Å². The fourth-order valence-electron chi connectivity index (χ4n) is 5.11. The smallest absolute Gasteiger partial charge is 0.431 e. The molecule has 2 aromatic rings. The van der Waals surface area contributed by atoms with Crippen LogP contribution in [0.2, 0.25) is 0 Å². The maximum absolute atomic E-state index is 13.7. The van der Waals surface area contributed by atoms with Crippen LogP contribution < -0.4 is 11.1 Å². The minimum Gasteiger partial charge on any atom is -0.431 e. The molecule has 19 heteroatoms. The molecule has 0 aromatic carbocycles. The zero-order chi connectivity index (χ0) is 32.8. The van der Waals surface area contributed by atoms with E-state index in [9.17, 15) is 19.2 Å². The van der Waals surface area contributed by atoms with Crippen LogP contribution in [0.1, 0.15) is 44.7 Å². The zero-order valence-electron chi connectivity index (χ0n) is 25.7. The second-order valence-electron chi connectivity index (χ2n) is 11.2. The molecule has 3 aliphatic rings. The second-order valence-corrected chi connectivity index (χ2v) is 14.1. The number of carbonyl (C=O) groups excluding carboxylic acids is 4. The third-order valence-electron chi connectivity index (χ3n) is 7.47. The van der Waals surface area contributed by atoms with Crippen LogP contribution in [0, 0.1) is 0 Å². The third kappa shape index (κ3) is 8.29. The number of aromatic nitrogens is 5. The molecular formula is C27H37N9O7S3. The molecule has 1 unspecified atom stereocenters. The summed E-state index contributed by atoms with van der Waals surface area (Å²) in [5.41, 5.74) is 6.85. The number of fused-ring (bicyclic) bond motifs is 1. The summed E-state index contributed by atoms with van der Waals surface area (Å²) < 4.78 is 18.0. The number of rotatable bonds is 14. The van der Waals surface area contributed by atoms with E-state index in [1.165, 1.54) is 39.8 Å². The van der Waals surface area contributed by atoms with Gasteiger partial charge in [-0.3, -0.25) is 14.5 Å². The number of esters is 1. The first-order chi connectivity index (χ1) is 22.1. The summed E-state index contributed by atoms with van der Waals surface area (Å²) in [5, 5.41) is 16.8. The van der Waals surface area contributed by atoms with Crippen molar-refractivity contribution in [2.75, 3.05) is 37.9 Å². The summed E-state index contributed by atoms with van der Waals surface area (Å²) in [6.45, 7) is 3.00. The molecule has 3 atom stereocenters. The van der Waals surface area contributed by atoms with Crippen molar-refractivity contribution in [1.82, 2.24) is 40.3 Å². The topological polar surface area (TPSA) is 197 Å². The van der Waals surface area contributed by atoms with Gasteiger partial charge in [0.2, 0.25) is 11.1 Å². The molecule has 5 rings (SSSR count). The lowest BCUT2D eigenvalue weighted by Gasteiger charge is -2.49. The van der Waals surface area contributed by atoms with Crippen molar-refractivity contribution in [3.63, 3.8) is 0 Å². The summed E-state index contributed by atoms with van der Waals surface area (Å²) in [6, 6.07) is -0.844. The van der Waals surface area contributed by atoms with E-state index in [0.29, 0.717) is 39.6 Å². The molecule has 4 heterocycles. The molecule has 16 nitrogen and oxygen atoms in total. The predicted molar refractivity (Wildman–Crippen MR) is 169 cm³/mol. The highest BCUT2D eigenvalue weighted by Crippen LogP contribution is 2.42. The molecule has 0 spiro atoms. The highest BCUT2D eigenvalue weighted by atomic mass is 32.2. The van der Waals surface area contributed by atoms with Crippen LogP contribution >= 0.6 is 34.9 Å². The van der Waals surface area contributed by atoms with Gasteiger partial charge in [-0.25, -0.2) is 19.3 Å². The van der Waals surface area contributed by atoms with Gasteiger partial charge in [-0.1, -0.05) is 18.7 Å². The van der Waals surface area contributed by atoms with E-state index >= 15 is 0 Å². The second kappa shape index (κ2) is 15.4. The van der Waals surface area contributed by atoms with Crippen molar-refractivity contribution in [3.8, 4) is 0 Å². The van der Waals surface area contributed by atoms with Crippen molar-refractivity contribution >= 4 is 63.9 Å².